The minimum absolute atomic E-state index is 0.0383. The van der Waals surface area contributed by atoms with Crippen molar-refractivity contribution in [1.29, 1.82) is 0 Å². The number of hydrogen-bond donors (Lipinski definition) is 3. The van der Waals surface area contributed by atoms with Crippen molar-refractivity contribution < 1.29 is 4.79 Å². The topological polar surface area (TPSA) is 96.8 Å². The molecule has 0 saturated heterocycles. The molecule has 2 aromatic heterocycles. The van der Waals surface area contributed by atoms with Crippen LogP contribution in [-0.4, -0.2) is 38.7 Å². The summed E-state index contributed by atoms with van der Waals surface area (Å²) in [6, 6.07) is -0.0383. The zero-order valence-corrected chi connectivity index (χ0v) is 15.2. The van der Waals surface area contributed by atoms with Gasteiger partial charge in [-0.25, -0.2) is 4.98 Å². The molecular formula is C17H20ClN7O. The van der Waals surface area contributed by atoms with E-state index in [2.05, 4.69) is 43.2 Å². The number of carbonyl (C=O) groups excluding carboxylic acids is 1. The number of amides is 1. The first-order valence-corrected chi connectivity index (χ1v) is 8.87. The first-order chi connectivity index (χ1) is 12.5. The van der Waals surface area contributed by atoms with E-state index < -0.39 is 0 Å². The standard InChI is InChI=1S/C17H20ClN7O/c1-19-16(26)13-9-3-4-10(5-9)14(13)23-15-12(18)7-20-17(24-15)22-11-6-21-25(2)8-11/h3-4,6-10,13-14H,5H2,1-2H3,(H,19,26)(H2,20,22,23,24)/t9-,10+,13+,14-/m0/s1. The van der Waals surface area contributed by atoms with Crippen LogP contribution in [0.25, 0.3) is 0 Å². The van der Waals surface area contributed by atoms with Crippen LogP contribution in [0.15, 0.2) is 30.7 Å². The number of rotatable bonds is 5. The van der Waals surface area contributed by atoms with Crippen molar-refractivity contribution in [2.45, 2.75) is 12.5 Å². The number of anilines is 3. The summed E-state index contributed by atoms with van der Waals surface area (Å²) in [6.45, 7) is 0. The van der Waals surface area contributed by atoms with Crippen LogP contribution in [0.3, 0.4) is 0 Å². The average Bonchev–Trinajstić information content (AvgIpc) is 3.33. The van der Waals surface area contributed by atoms with Crippen molar-refractivity contribution in [2.75, 3.05) is 17.7 Å². The second-order valence-corrected chi connectivity index (χ2v) is 7.08. The van der Waals surface area contributed by atoms with Gasteiger partial charge >= 0.3 is 0 Å². The lowest BCUT2D eigenvalue weighted by Gasteiger charge is -2.28. The average molecular weight is 374 g/mol. The van der Waals surface area contributed by atoms with E-state index in [1.807, 2.05) is 13.2 Å². The quantitative estimate of drug-likeness (QED) is 0.693. The van der Waals surface area contributed by atoms with Gasteiger partial charge in [0.05, 0.1) is 24.0 Å². The summed E-state index contributed by atoms with van der Waals surface area (Å²) in [5.74, 6) is 1.40. The van der Waals surface area contributed by atoms with Gasteiger partial charge in [0.2, 0.25) is 11.9 Å². The van der Waals surface area contributed by atoms with Gasteiger partial charge in [-0.15, -0.1) is 0 Å². The number of aromatic nitrogens is 4. The second-order valence-electron chi connectivity index (χ2n) is 6.68. The van der Waals surface area contributed by atoms with Crippen LogP contribution >= 0.6 is 11.6 Å². The molecule has 136 valence electrons. The SMILES string of the molecule is CNC(=O)[C@H]1[C@@H](Nc2nc(Nc3cnn(C)c3)ncc2Cl)[C@@H]2C=C[C@H]1C2. The summed E-state index contributed by atoms with van der Waals surface area (Å²) in [4.78, 5) is 21.0. The van der Waals surface area contributed by atoms with E-state index in [9.17, 15) is 4.79 Å². The Hall–Kier alpha value is -2.61. The van der Waals surface area contributed by atoms with Crippen molar-refractivity contribution in [2.24, 2.45) is 24.8 Å². The molecule has 0 unspecified atom stereocenters. The molecule has 0 radical (unpaired) electrons. The van der Waals surface area contributed by atoms with E-state index in [1.165, 1.54) is 0 Å². The van der Waals surface area contributed by atoms with Crippen molar-refractivity contribution in [1.82, 2.24) is 25.1 Å². The predicted octanol–water partition coefficient (Wildman–Crippen LogP) is 1.96. The van der Waals surface area contributed by atoms with E-state index in [-0.39, 0.29) is 23.8 Å². The summed E-state index contributed by atoms with van der Waals surface area (Å²) < 4.78 is 1.69. The van der Waals surface area contributed by atoms with E-state index in [1.54, 1.807) is 24.1 Å². The van der Waals surface area contributed by atoms with Crippen molar-refractivity contribution >= 4 is 35.0 Å². The molecule has 2 aromatic rings. The number of aryl methyl sites for hydroxylation is 1. The molecule has 2 bridgehead atoms. The molecule has 1 saturated carbocycles. The molecule has 2 aliphatic rings. The van der Waals surface area contributed by atoms with Crippen LogP contribution < -0.4 is 16.0 Å². The Morgan fingerprint density at radius 2 is 2.12 bits per heavy atom. The minimum atomic E-state index is -0.129. The van der Waals surface area contributed by atoms with Crippen LogP contribution in [0, 0.1) is 17.8 Å². The number of halogens is 1. The third-order valence-corrected chi connectivity index (χ3v) is 5.29. The normalized spacial score (nSPS) is 26.1. The maximum absolute atomic E-state index is 12.3. The van der Waals surface area contributed by atoms with Gasteiger partial charge < -0.3 is 16.0 Å². The lowest BCUT2D eigenvalue weighted by molar-refractivity contribution is -0.125. The van der Waals surface area contributed by atoms with Gasteiger partial charge in [-0.1, -0.05) is 23.8 Å². The summed E-state index contributed by atoms with van der Waals surface area (Å²) >= 11 is 6.29. The van der Waals surface area contributed by atoms with Gasteiger partial charge in [-0.3, -0.25) is 9.48 Å². The number of carbonyl (C=O) groups is 1. The van der Waals surface area contributed by atoms with Crippen molar-refractivity contribution in [3.63, 3.8) is 0 Å². The monoisotopic (exact) mass is 373 g/mol. The van der Waals surface area contributed by atoms with Gasteiger partial charge in [0.1, 0.15) is 5.02 Å². The van der Waals surface area contributed by atoms with Crippen molar-refractivity contribution in [3.8, 4) is 0 Å². The third kappa shape index (κ3) is 3.01. The van der Waals surface area contributed by atoms with Gasteiger partial charge in [-0.05, 0) is 18.3 Å². The minimum Gasteiger partial charge on any atom is -0.365 e. The lowest BCUT2D eigenvalue weighted by Crippen LogP contribution is -2.42. The number of allylic oxidation sites excluding steroid dienone is 1. The highest BCUT2D eigenvalue weighted by molar-refractivity contribution is 6.32. The highest BCUT2D eigenvalue weighted by atomic mass is 35.5. The Labute approximate surface area is 156 Å². The number of nitrogens with zero attached hydrogens (tertiary/aromatic N) is 4. The molecule has 0 spiro atoms. The molecule has 4 atom stereocenters. The Balaban J connectivity index is 1.56. The van der Waals surface area contributed by atoms with Crippen LogP contribution in [0.5, 0.6) is 0 Å². The van der Waals surface area contributed by atoms with Crippen LogP contribution in [0.2, 0.25) is 5.02 Å². The molecule has 2 heterocycles. The van der Waals surface area contributed by atoms with Gasteiger partial charge in [0, 0.05) is 26.3 Å². The molecular weight excluding hydrogens is 354 g/mol. The maximum Gasteiger partial charge on any atom is 0.229 e. The van der Waals surface area contributed by atoms with E-state index in [0.717, 1.165) is 12.1 Å². The van der Waals surface area contributed by atoms with Gasteiger partial charge in [0.15, 0.2) is 5.82 Å². The summed E-state index contributed by atoms with van der Waals surface area (Å²) in [5.41, 5.74) is 0.784. The first kappa shape index (κ1) is 16.8. The molecule has 0 aromatic carbocycles. The molecule has 1 amide bonds. The zero-order chi connectivity index (χ0) is 18.3. The second kappa shape index (κ2) is 6.60. The predicted molar refractivity (Wildman–Crippen MR) is 99.2 cm³/mol. The Morgan fingerprint density at radius 3 is 2.85 bits per heavy atom. The Bertz CT molecular complexity index is 865. The highest BCUT2D eigenvalue weighted by Gasteiger charge is 2.48. The van der Waals surface area contributed by atoms with Crippen LogP contribution in [-0.2, 0) is 11.8 Å². The zero-order valence-electron chi connectivity index (χ0n) is 14.5. The van der Waals surface area contributed by atoms with Crippen LogP contribution in [0.4, 0.5) is 17.5 Å². The fourth-order valence-electron chi connectivity index (χ4n) is 3.84. The van der Waals surface area contributed by atoms with E-state index in [4.69, 9.17) is 11.6 Å². The first-order valence-electron chi connectivity index (χ1n) is 8.50. The molecule has 26 heavy (non-hydrogen) atoms. The van der Waals surface area contributed by atoms with E-state index >= 15 is 0 Å². The summed E-state index contributed by atoms with van der Waals surface area (Å²) in [7, 11) is 3.51. The maximum atomic E-state index is 12.3. The smallest absolute Gasteiger partial charge is 0.229 e. The summed E-state index contributed by atoms with van der Waals surface area (Å²) in [5, 5.41) is 13.8. The van der Waals surface area contributed by atoms with Gasteiger partial charge in [-0.2, -0.15) is 10.1 Å². The molecule has 2 aliphatic carbocycles. The Kier molecular flexibility index (Phi) is 4.28. The fraction of sp³-hybridized carbons (Fsp3) is 0.412. The molecule has 0 aliphatic heterocycles. The summed E-state index contributed by atoms with van der Waals surface area (Å²) in [6.07, 6.45) is 10.3. The van der Waals surface area contributed by atoms with Crippen LogP contribution in [0.1, 0.15) is 6.42 Å². The highest BCUT2D eigenvalue weighted by Crippen LogP contribution is 2.45. The van der Waals surface area contributed by atoms with Crippen molar-refractivity contribution in [3.05, 3.63) is 35.8 Å². The lowest BCUT2D eigenvalue weighted by atomic mass is 9.88. The third-order valence-electron chi connectivity index (χ3n) is 5.02. The van der Waals surface area contributed by atoms with Gasteiger partial charge in [0.25, 0.3) is 0 Å². The van der Waals surface area contributed by atoms with E-state index in [0.29, 0.717) is 22.7 Å². The molecule has 9 heteroatoms. The molecule has 1 fully saturated rings. The number of fused-ring (bicyclic) bond motifs is 2. The Morgan fingerprint density at radius 1 is 1.31 bits per heavy atom. The number of hydrogen-bond acceptors (Lipinski definition) is 6. The largest absolute Gasteiger partial charge is 0.365 e. The number of nitrogens with one attached hydrogen (secondary N) is 3. The molecule has 8 nitrogen and oxygen atoms in total. The fourth-order valence-corrected chi connectivity index (χ4v) is 3.99. The molecule has 4 rings (SSSR count). The molecule has 3 N–H and O–H groups in total.